The molecule has 0 radical (unpaired) electrons. The Balaban J connectivity index is 3.33. The third-order valence-electron chi connectivity index (χ3n) is 2.39. The molecule has 0 amide bonds. The topological polar surface area (TPSA) is 9.23 Å². The number of unbranched alkanes of at least 4 members (excludes halogenated alkanes) is 3. The van der Waals surface area contributed by atoms with Gasteiger partial charge in [0.05, 0.1) is 6.10 Å². The molecule has 0 rings (SSSR count). The summed E-state index contributed by atoms with van der Waals surface area (Å²) in [5, 5.41) is 0. The largest absolute Gasteiger partial charge is 0.379 e. The summed E-state index contributed by atoms with van der Waals surface area (Å²) in [7, 11) is 0. The maximum atomic E-state index is 5.66. The smallest absolute Gasteiger partial charge is 0.0574 e. The molecule has 1 nitrogen and oxygen atoms in total. The first kappa shape index (κ1) is 13.0. The molecule has 1 atom stereocenters. The van der Waals surface area contributed by atoms with Crippen LogP contribution in [0.1, 0.15) is 65.7 Å². The van der Waals surface area contributed by atoms with Gasteiger partial charge in [-0.15, -0.1) is 0 Å². The van der Waals surface area contributed by atoms with Crippen LogP contribution in [0.4, 0.5) is 0 Å². The fourth-order valence-corrected chi connectivity index (χ4v) is 1.67. The van der Waals surface area contributed by atoms with Gasteiger partial charge in [0.2, 0.25) is 0 Å². The van der Waals surface area contributed by atoms with Crippen LogP contribution < -0.4 is 0 Å². The van der Waals surface area contributed by atoms with Gasteiger partial charge in [-0.25, -0.2) is 0 Å². The van der Waals surface area contributed by atoms with Crippen LogP contribution in [-0.2, 0) is 4.74 Å². The van der Waals surface area contributed by atoms with Gasteiger partial charge in [0.1, 0.15) is 0 Å². The SMILES string of the molecule is CCCCCCC(CCC)OCC. The van der Waals surface area contributed by atoms with Crippen molar-refractivity contribution in [2.75, 3.05) is 6.61 Å². The molecule has 0 saturated carbocycles. The molecule has 0 aromatic carbocycles. The molecule has 13 heavy (non-hydrogen) atoms. The van der Waals surface area contributed by atoms with Gasteiger partial charge < -0.3 is 4.74 Å². The lowest BCUT2D eigenvalue weighted by molar-refractivity contribution is 0.0484. The Morgan fingerprint density at radius 2 is 1.62 bits per heavy atom. The van der Waals surface area contributed by atoms with Crippen LogP contribution in [0, 0.1) is 0 Å². The molecular weight excluding hydrogens is 160 g/mol. The molecule has 1 heteroatoms. The second kappa shape index (κ2) is 10.0. The zero-order chi connectivity index (χ0) is 9.94. The van der Waals surface area contributed by atoms with Crippen LogP contribution in [0.3, 0.4) is 0 Å². The average Bonchev–Trinajstić information content (AvgIpc) is 2.13. The highest BCUT2D eigenvalue weighted by molar-refractivity contribution is 4.57. The second-order valence-corrected chi connectivity index (χ2v) is 3.72. The third-order valence-corrected chi connectivity index (χ3v) is 2.39. The predicted molar refractivity (Wildman–Crippen MR) is 59.1 cm³/mol. The molecule has 80 valence electrons. The Hall–Kier alpha value is -0.0400. The normalized spacial score (nSPS) is 13.2. The fourth-order valence-electron chi connectivity index (χ4n) is 1.67. The van der Waals surface area contributed by atoms with Crippen molar-refractivity contribution in [1.29, 1.82) is 0 Å². The van der Waals surface area contributed by atoms with Crippen LogP contribution in [0.5, 0.6) is 0 Å². The van der Waals surface area contributed by atoms with E-state index in [9.17, 15) is 0 Å². The zero-order valence-electron chi connectivity index (χ0n) is 9.64. The molecule has 0 aromatic rings. The molecule has 1 unspecified atom stereocenters. The van der Waals surface area contributed by atoms with Gasteiger partial charge in [-0.1, -0.05) is 46.0 Å². The Morgan fingerprint density at radius 3 is 2.15 bits per heavy atom. The molecule has 0 N–H and O–H groups in total. The molecule has 0 heterocycles. The van der Waals surface area contributed by atoms with E-state index < -0.39 is 0 Å². The van der Waals surface area contributed by atoms with Crippen molar-refractivity contribution >= 4 is 0 Å². The standard InChI is InChI=1S/C12H26O/c1-4-7-8-9-11-12(10-5-2)13-6-3/h12H,4-11H2,1-3H3. The van der Waals surface area contributed by atoms with Crippen molar-refractivity contribution in [2.45, 2.75) is 71.8 Å². The van der Waals surface area contributed by atoms with Crippen molar-refractivity contribution in [2.24, 2.45) is 0 Å². The van der Waals surface area contributed by atoms with Crippen molar-refractivity contribution < 1.29 is 4.74 Å². The molecular formula is C12H26O. The van der Waals surface area contributed by atoms with Gasteiger partial charge in [0.15, 0.2) is 0 Å². The first-order valence-corrected chi connectivity index (χ1v) is 5.96. The Kier molecular flexibility index (Phi) is 10.0. The van der Waals surface area contributed by atoms with Crippen molar-refractivity contribution in [1.82, 2.24) is 0 Å². The average molecular weight is 186 g/mol. The van der Waals surface area contributed by atoms with Crippen molar-refractivity contribution in [3.63, 3.8) is 0 Å². The van der Waals surface area contributed by atoms with Gasteiger partial charge in [-0.2, -0.15) is 0 Å². The van der Waals surface area contributed by atoms with Gasteiger partial charge >= 0.3 is 0 Å². The molecule has 0 bridgehead atoms. The molecule has 0 spiro atoms. The van der Waals surface area contributed by atoms with Crippen LogP contribution in [0.15, 0.2) is 0 Å². The number of ether oxygens (including phenoxy) is 1. The van der Waals surface area contributed by atoms with Crippen LogP contribution >= 0.6 is 0 Å². The third kappa shape index (κ3) is 8.29. The molecule has 0 aromatic heterocycles. The maximum absolute atomic E-state index is 5.66. The monoisotopic (exact) mass is 186 g/mol. The molecule has 0 aliphatic rings. The van der Waals surface area contributed by atoms with E-state index in [2.05, 4.69) is 20.8 Å². The quantitative estimate of drug-likeness (QED) is 0.491. The molecule has 0 saturated heterocycles. The summed E-state index contributed by atoms with van der Waals surface area (Å²) in [4.78, 5) is 0. The minimum absolute atomic E-state index is 0.534. The highest BCUT2D eigenvalue weighted by Gasteiger charge is 2.05. The number of hydrogen-bond donors (Lipinski definition) is 0. The van der Waals surface area contributed by atoms with Gasteiger partial charge in [-0.05, 0) is 19.8 Å². The van der Waals surface area contributed by atoms with E-state index in [1.807, 2.05) is 0 Å². The van der Waals surface area contributed by atoms with Crippen molar-refractivity contribution in [3.8, 4) is 0 Å². The van der Waals surface area contributed by atoms with E-state index in [1.54, 1.807) is 0 Å². The minimum Gasteiger partial charge on any atom is -0.379 e. The number of hydrogen-bond acceptors (Lipinski definition) is 1. The summed E-state index contributed by atoms with van der Waals surface area (Å²) >= 11 is 0. The summed E-state index contributed by atoms with van der Waals surface area (Å²) in [5.41, 5.74) is 0. The molecule has 0 fully saturated rings. The second-order valence-electron chi connectivity index (χ2n) is 3.72. The summed E-state index contributed by atoms with van der Waals surface area (Å²) in [6.07, 6.45) is 9.72. The predicted octanol–water partition coefficient (Wildman–Crippen LogP) is 4.16. The lowest BCUT2D eigenvalue weighted by Gasteiger charge is -2.15. The van der Waals surface area contributed by atoms with Crippen LogP contribution in [0.2, 0.25) is 0 Å². The van der Waals surface area contributed by atoms with Crippen LogP contribution in [-0.4, -0.2) is 12.7 Å². The summed E-state index contributed by atoms with van der Waals surface area (Å²) in [6, 6.07) is 0. The number of rotatable bonds is 9. The molecule has 0 aliphatic carbocycles. The Morgan fingerprint density at radius 1 is 0.846 bits per heavy atom. The van der Waals surface area contributed by atoms with E-state index >= 15 is 0 Å². The van der Waals surface area contributed by atoms with E-state index in [1.165, 1.54) is 44.9 Å². The van der Waals surface area contributed by atoms with E-state index in [-0.39, 0.29) is 0 Å². The van der Waals surface area contributed by atoms with E-state index in [0.29, 0.717) is 6.10 Å². The highest BCUT2D eigenvalue weighted by atomic mass is 16.5. The Bertz CT molecular complexity index is 85.1. The summed E-state index contributed by atoms with van der Waals surface area (Å²) in [6.45, 7) is 7.46. The van der Waals surface area contributed by atoms with Gasteiger partial charge in [0, 0.05) is 6.61 Å². The highest BCUT2D eigenvalue weighted by Crippen LogP contribution is 2.12. The first-order chi connectivity index (χ1) is 6.35. The van der Waals surface area contributed by atoms with Gasteiger partial charge in [-0.3, -0.25) is 0 Å². The van der Waals surface area contributed by atoms with E-state index in [0.717, 1.165) is 6.61 Å². The summed E-state index contributed by atoms with van der Waals surface area (Å²) in [5.74, 6) is 0. The van der Waals surface area contributed by atoms with E-state index in [4.69, 9.17) is 4.74 Å². The lowest BCUT2D eigenvalue weighted by Crippen LogP contribution is -2.12. The first-order valence-electron chi connectivity index (χ1n) is 5.96. The fraction of sp³-hybridized carbons (Fsp3) is 1.00. The Labute approximate surface area is 83.9 Å². The summed E-state index contributed by atoms with van der Waals surface area (Å²) < 4.78 is 5.66. The zero-order valence-corrected chi connectivity index (χ0v) is 9.64. The van der Waals surface area contributed by atoms with Crippen molar-refractivity contribution in [3.05, 3.63) is 0 Å². The lowest BCUT2D eigenvalue weighted by atomic mass is 10.1. The van der Waals surface area contributed by atoms with Crippen LogP contribution in [0.25, 0.3) is 0 Å². The molecule has 0 aliphatic heterocycles. The van der Waals surface area contributed by atoms with Gasteiger partial charge in [0.25, 0.3) is 0 Å². The maximum Gasteiger partial charge on any atom is 0.0574 e. The minimum atomic E-state index is 0.534.